The highest BCUT2D eigenvalue weighted by molar-refractivity contribution is 6.04. The van der Waals surface area contributed by atoms with E-state index in [1.165, 1.54) is 24.4 Å². The molecule has 5 aromatic rings. The Morgan fingerprint density at radius 1 is 1.06 bits per heavy atom. The maximum Gasteiger partial charge on any atom is 0.270 e. The van der Waals surface area contributed by atoms with E-state index in [4.69, 9.17) is 0 Å². The highest BCUT2D eigenvalue weighted by atomic mass is 16.6. The molecule has 0 amide bonds. The minimum Gasteiger partial charge on any atom is -0.507 e. The van der Waals surface area contributed by atoms with Gasteiger partial charge in [-0.25, -0.2) is 5.43 Å². The molecule has 0 fully saturated rings. The Kier molecular flexibility index (Phi) is 5.07. The van der Waals surface area contributed by atoms with E-state index in [0.717, 1.165) is 16.5 Å². The van der Waals surface area contributed by atoms with Crippen molar-refractivity contribution in [3.05, 3.63) is 94.0 Å². The maximum absolute atomic E-state index is 11.0. The summed E-state index contributed by atoms with van der Waals surface area (Å²) >= 11 is 0. The lowest BCUT2D eigenvalue weighted by molar-refractivity contribution is -0.384. The van der Waals surface area contributed by atoms with Crippen LogP contribution in [-0.2, 0) is 6.54 Å². The SMILES string of the molecule is O=[N+]([O-])c1ccc(O)c(C=NNc2nnc3c4ccccc4n(Cc4ccccc4)c3n2)c1. The molecule has 2 N–H and O–H groups in total. The summed E-state index contributed by atoms with van der Waals surface area (Å²) in [6.45, 7) is 0.605. The Balaban J connectivity index is 1.50. The summed E-state index contributed by atoms with van der Waals surface area (Å²) in [5.41, 5.74) is 6.14. The molecule has 0 aliphatic rings. The van der Waals surface area contributed by atoms with Crippen LogP contribution in [-0.4, -0.2) is 36.0 Å². The molecule has 0 aliphatic carbocycles. The average Bonchev–Trinajstić information content (AvgIpc) is 3.14. The number of hydrazone groups is 1. The van der Waals surface area contributed by atoms with Gasteiger partial charge in [0.05, 0.1) is 16.7 Å². The number of aromatic nitrogens is 4. The van der Waals surface area contributed by atoms with Crippen molar-refractivity contribution < 1.29 is 10.0 Å². The zero-order chi connectivity index (χ0) is 22.8. The van der Waals surface area contributed by atoms with Crippen molar-refractivity contribution in [1.29, 1.82) is 0 Å². The molecule has 2 heterocycles. The smallest absolute Gasteiger partial charge is 0.270 e. The number of fused-ring (bicyclic) bond motifs is 3. The van der Waals surface area contributed by atoms with Crippen LogP contribution in [0.3, 0.4) is 0 Å². The molecule has 0 aliphatic heterocycles. The van der Waals surface area contributed by atoms with Crippen molar-refractivity contribution in [2.45, 2.75) is 6.54 Å². The summed E-state index contributed by atoms with van der Waals surface area (Å²) in [5.74, 6) is 0.0180. The molecular formula is C23H17N7O3. The largest absolute Gasteiger partial charge is 0.507 e. The molecule has 0 unspecified atom stereocenters. The van der Waals surface area contributed by atoms with Gasteiger partial charge in [0.1, 0.15) is 11.3 Å². The zero-order valence-corrected chi connectivity index (χ0v) is 17.2. The van der Waals surface area contributed by atoms with E-state index in [1.807, 2.05) is 54.6 Å². The number of nitro groups is 1. The predicted octanol–water partition coefficient (Wildman–Crippen LogP) is 4.09. The van der Waals surface area contributed by atoms with E-state index in [2.05, 4.69) is 30.3 Å². The number of nitro benzene ring substituents is 1. The minimum atomic E-state index is -0.545. The summed E-state index contributed by atoms with van der Waals surface area (Å²) in [7, 11) is 0. The number of aromatic hydroxyl groups is 1. The number of phenolic OH excluding ortho intramolecular Hbond substituents is 1. The zero-order valence-electron chi connectivity index (χ0n) is 17.2. The van der Waals surface area contributed by atoms with Crippen molar-refractivity contribution in [2.24, 2.45) is 5.10 Å². The fraction of sp³-hybridized carbons (Fsp3) is 0.0435. The predicted molar refractivity (Wildman–Crippen MR) is 124 cm³/mol. The quantitative estimate of drug-likeness (QED) is 0.231. The van der Waals surface area contributed by atoms with E-state index in [9.17, 15) is 15.2 Å². The van der Waals surface area contributed by atoms with E-state index in [0.29, 0.717) is 17.7 Å². The van der Waals surface area contributed by atoms with Crippen LogP contribution in [0.25, 0.3) is 22.1 Å². The highest BCUT2D eigenvalue weighted by Gasteiger charge is 2.15. The van der Waals surface area contributed by atoms with Gasteiger partial charge in [-0.3, -0.25) is 10.1 Å². The Morgan fingerprint density at radius 3 is 2.67 bits per heavy atom. The lowest BCUT2D eigenvalue weighted by atomic mass is 10.2. The summed E-state index contributed by atoms with van der Waals surface area (Å²) in [6, 6.07) is 21.6. The molecule has 0 atom stereocenters. The molecule has 2 aromatic heterocycles. The average molecular weight is 439 g/mol. The van der Waals surface area contributed by atoms with Crippen molar-refractivity contribution in [2.75, 3.05) is 5.43 Å². The van der Waals surface area contributed by atoms with Crippen LogP contribution in [0.4, 0.5) is 11.6 Å². The van der Waals surface area contributed by atoms with Crippen LogP contribution in [0.15, 0.2) is 77.9 Å². The first-order valence-electron chi connectivity index (χ1n) is 10.0. The van der Waals surface area contributed by atoms with Crippen LogP contribution in [0.1, 0.15) is 11.1 Å². The number of hydrogen-bond acceptors (Lipinski definition) is 8. The van der Waals surface area contributed by atoms with Gasteiger partial charge in [-0.1, -0.05) is 48.5 Å². The van der Waals surface area contributed by atoms with Gasteiger partial charge in [0.25, 0.3) is 11.6 Å². The second-order valence-corrected chi connectivity index (χ2v) is 7.27. The summed E-state index contributed by atoms with van der Waals surface area (Å²) in [4.78, 5) is 15.0. The molecule has 0 saturated heterocycles. The molecule has 0 spiro atoms. The summed E-state index contributed by atoms with van der Waals surface area (Å²) < 4.78 is 2.07. The maximum atomic E-state index is 11.0. The van der Waals surface area contributed by atoms with E-state index in [-0.39, 0.29) is 22.9 Å². The Labute approximate surface area is 187 Å². The Morgan fingerprint density at radius 2 is 1.85 bits per heavy atom. The molecular weight excluding hydrogens is 422 g/mol. The number of non-ortho nitro benzene ring substituents is 1. The van der Waals surface area contributed by atoms with Gasteiger partial charge in [0, 0.05) is 29.6 Å². The molecule has 0 saturated carbocycles. The van der Waals surface area contributed by atoms with E-state index in [1.54, 1.807) is 0 Å². The Bertz CT molecular complexity index is 1510. The molecule has 10 heteroatoms. The number of nitrogens with one attached hydrogen (secondary N) is 1. The van der Waals surface area contributed by atoms with Crippen LogP contribution >= 0.6 is 0 Å². The number of rotatable bonds is 6. The van der Waals surface area contributed by atoms with Gasteiger partial charge in [0.2, 0.25) is 0 Å². The van der Waals surface area contributed by atoms with E-state index >= 15 is 0 Å². The van der Waals surface area contributed by atoms with E-state index < -0.39 is 4.92 Å². The van der Waals surface area contributed by atoms with Crippen molar-refractivity contribution >= 4 is 39.9 Å². The van der Waals surface area contributed by atoms with Gasteiger partial charge in [0.15, 0.2) is 5.65 Å². The molecule has 0 radical (unpaired) electrons. The van der Waals surface area contributed by atoms with Gasteiger partial charge >= 0.3 is 0 Å². The topological polar surface area (TPSA) is 131 Å². The number of para-hydroxylation sites is 1. The van der Waals surface area contributed by atoms with Crippen molar-refractivity contribution in [3.8, 4) is 5.75 Å². The molecule has 3 aromatic carbocycles. The minimum absolute atomic E-state index is 0.136. The first-order chi connectivity index (χ1) is 16.1. The highest BCUT2D eigenvalue weighted by Crippen LogP contribution is 2.27. The molecule has 5 rings (SSSR count). The lowest BCUT2D eigenvalue weighted by Crippen LogP contribution is -2.04. The summed E-state index contributed by atoms with van der Waals surface area (Å²) in [6.07, 6.45) is 1.26. The van der Waals surface area contributed by atoms with Gasteiger partial charge < -0.3 is 9.67 Å². The third-order valence-electron chi connectivity index (χ3n) is 5.15. The van der Waals surface area contributed by atoms with Crippen LogP contribution in [0.5, 0.6) is 5.75 Å². The molecule has 10 nitrogen and oxygen atoms in total. The van der Waals surface area contributed by atoms with Gasteiger partial charge in [-0.2, -0.15) is 10.1 Å². The number of nitrogens with zero attached hydrogens (tertiary/aromatic N) is 6. The lowest BCUT2D eigenvalue weighted by Gasteiger charge is -2.07. The number of benzene rings is 3. The van der Waals surface area contributed by atoms with Gasteiger partial charge in [-0.05, 0) is 17.7 Å². The number of anilines is 1. The number of phenols is 1. The third kappa shape index (κ3) is 3.92. The summed E-state index contributed by atoms with van der Waals surface area (Å²) in [5, 5.41) is 34.3. The second kappa shape index (κ2) is 8.35. The molecule has 162 valence electrons. The normalized spacial score (nSPS) is 11.4. The van der Waals surface area contributed by atoms with Crippen molar-refractivity contribution in [3.63, 3.8) is 0 Å². The first kappa shape index (κ1) is 20.1. The standard InChI is InChI=1S/C23H17N7O3/c31-20-11-10-17(30(32)33)12-16(20)13-24-27-23-25-22-21(26-28-23)18-8-4-5-9-19(18)29(22)14-15-6-2-1-3-7-15/h1-13,31H,14H2,(H,25,27,28). The Hall–Kier alpha value is -4.86. The third-order valence-corrected chi connectivity index (χ3v) is 5.15. The van der Waals surface area contributed by atoms with Gasteiger partial charge in [-0.15, -0.1) is 10.2 Å². The van der Waals surface area contributed by atoms with Crippen LogP contribution in [0.2, 0.25) is 0 Å². The first-order valence-corrected chi connectivity index (χ1v) is 10.0. The molecule has 33 heavy (non-hydrogen) atoms. The van der Waals surface area contributed by atoms with Crippen LogP contribution < -0.4 is 5.43 Å². The second-order valence-electron chi connectivity index (χ2n) is 7.27. The molecule has 0 bridgehead atoms. The fourth-order valence-electron chi connectivity index (χ4n) is 3.60. The monoisotopic (exact) mass is 439 g/mol. The van der Waals surface area contributed by atoms with Crippen molar-refractivity contribution in [1.82, 2.24) is 19.7 Å². The van der Waals surface area contributed by atoms with Crippen LogP contribution in [0, 0.1) is 10.1 Å². The fourth-order valence-corrected chi connectivity index (χ4v) is 3.60. The number of hydrogen-bond donors (Lipinski definition) is 2.